The molecule has 0 saturated carbocycles. The molecule has 6 nitrogen and oxygen atoms in total. The first-order valence-corrected chi connectivity index (χ1v) is 10.9. The highest BCUT2D eigenvalue weighted by Gasteiger charge is 2.27. The molecule has 1 aliphatic rings. The van der Waals surface area contributed by atoms with Crippen LogP contribution in [-0.4, -0.2) is 19.3 Å². The molecule has 1 atom stereocenters. The molecule has 2 heterocycles. The molecule has 8 heteroatoms. The first-order valence-electron chi connectivity index (χ1n) is 8.58. The Morgan fingerprint density at radius 3 is 2.68 bits per heavy atom. The first-order chi connectivity index (χ1) is 13.4. The molecule has 1 unspecified atom stereocenters. The van der Waals surface area contributed by atoms with E-state index < -0.39 is 10.0 Å². The summed E-state index contributed by atoms with van der Waals surface area (Å²) in [5.74, 6) is -0.273. The molecule has 0 bridgehead atoms. The summed E-state index contributed by atoms with van der Waals surface area (Å²) in [4.78, 5) is 16.6. The average molecular weight is 412 g/mol. The van der Waals surface area contributed by atoms with E-state index in [4.69, 9.17) is 0 Å². The van der Waals surface area contributed by atoms with Crippen molar-refractivity contribution >= 4 is 44.6 Å². The number of amides is 1. The Morgan fingerprint density at radius 1 is 1.18 bits per heavy atom. The fourth-order valence-electron chi connectivity index (χ4n) is 3.02. The van der Waals surface area contributed by atoms with E-state index in [9.17, 15) is 13.2 Å². The number of thiazole rings is 1. The normalized spacial score (nSPS) is 16.0. The highest BCUT2D eigenvalue weighted by atomic mass is 32.2. The second kappa shape index (κ2) is 7.31. The van der Waals surface area contributed by atoms with E-state index in [1.165, 1.54) is 23.5 Å². The number of rotatable bonds is 5. The Bertz CT molecular complexity index is 1150. The van der Waals surface area contributed by atoms with Crippen molar-refractivity contribution in [2.24, 2.45) is 0 Å². The standard InChI is InChI=1S/C20H17N3O3S2/c1-13(14-5-3-2-4-6-14)23-28(25,26)15-7-8-18-16(11-15)17(20(24)22-18)12-19-21-9-10-27-19/h2-13,23H,1H3,(H,22,24)/b17-12+. The number of nitrogens with one attached hydrogen (secondary N) is 2. The van der Waals surface area contributed by atoms with Crippen molar-refractivity contribution in [1.82, 2.24) is 9.71 Å². The van der Waals surface area contributed by atoms with Crippen molar-refractivity contribution in [3.05, 3.63) is 76.2 Å². The van der Waals surface area contributed by atoms with E-state index in [0.29, 0.717) is 21.8 Å². The maximum absolute atomic E-state index is 12.9. The van der Waals surface area contributed by atoms with Crippen LogP contribution in [0.5, 0.6) is 0 Å². The Kier molecular flexibility index (Phi) is 4.84. The van der Waals surface area contributed by atoms with Gasteiger partial charge in [-0.15, -0.1) is 11.3 Å². The monoisotopic (exact) mass is 411 g/mol. The quantitative estimate of drug-likeness (QED) is 0.627. The molecule has 0 fully saturated rings. The predicted octanol–water partition coefficient (Wildman–Crippen LogP) is 3.68. The number of hydrogen-bond donors (Lipinski definition) is 2. The minimum atomic E-state index is -3.76. The zero-order valence-electron chi connectivity index (χ0n) is 14.9. The highest BCUT2D eigenvalue weighted by molar-refractivity contribution is 7.89. The fourth-order valence-corrected chi connectivity index (χ4v) is 4.84. The predicted molar refractivity (Wildman–Crippen MR) is 110 cm³/mol. The molecule has 4 rings (SSSR count). The lowest BCUT2D eigenvalue weighted by atomic mass is 10.1. The van der Waals surface area contributed by atoms with E-state index in [1.54, 1.807) is 25.3 Å². The molecule has 0 radical (unpaired) electrons. The molecular formula is C20H17N3O3S2. The molecule has 1 aliphatic heterocycles. The van der Waals surface area contributed by atoms with Gasteiger partial charge < -0.3 is 5.32 Å². The largest absolute Gasteiger partial charge is 0.321 e. The van der Waals surface area contributed by atoms with Gasteiger partial charge in [0.1, 0.15) is 5.01 Å². The van der Waals surface area contributed by atoms with Crippen LogP contribution in [0.1, 0.15) is 29.1 Å². The summed E-state index contributed by atoms with van der Waals surface area (Å²) < 4.78 is 28.4. The van der Waals surface area contributed by atoms with Crippen LogP contribution < -0.4 is 10.0 Å². The summed E-state index contributed by atoms with van der Waals surface area (Å²) in [5.41, 5.74) is 2.41. The van der Waals surface area contributed by atoms with Gasteiger partial charge >= 0.3 is 0 Å². The van der Waals surface area contributed by atoms with Crippen molar-refractivity contribution in [3.63, 3.8) is 0 Å². The highest BCUT2D eigenvalue weighted by Crippen LogP contribution is 2.35. The average Bonchev–Trinajstić information content (AvgIpc) is 3.30. The van der Waals surface area contributed by atoms with Crippen molar-refractivity contribution in [2.75, 3.05) is 5.32 Å². The van der Waals surface area contributed by atoms with Gasteiger partial charge in [-0.25, -0.2) is 18.1 Å². The molecule has 2 N–H and O–H groups in total. The minimum Gasteiger partial charge on any atom is -0.321 e. The number of fused-ring (bicyclic) bond motifs is 1. The van der Waals surface area contributed by atoms with Gasteiger partial charge in [0.05, 0.1) is 10.5 Å². The van der Waals surface area contributed by atoms with Crippen LogP contribution in [0.4, 0.5) is 5.69 Å². The molecule has 2 aromatic carbocycles. The summed E-state index contributed by atoms with van der Waals surface area (Å²) >= 11 is 1.40. The summed E-state index contributed by atoms with van der Waals surface area (Å²) in [6.45, 7) is 1.79. The third-order valence-electron chi connectivity index (χ3n) is 4.44. The third kappa shape index (κ3) is 3.62. The molecule has 142 valence electrons. The zero-order chi connectivity index (χ0) is 19.7. The lowest BCUT2D eigenvalue weighted by Crippen LogP contribution is -2.26. The van der Waals surface area contributed by atoms with Gasteiger partial charge in [-0.2, -0.15) is 0 Å². The van der Waals surface area contributed by atoms with Gasteiger partial charge in [-0.05, 0) is 36.8 Å². The maximum atomic E-state index is 12.9. The van der Waals surface area contributed by atoms with Crippen LogP contribution in [-0.2, 0) is 14.8 Å². The molecule has 0 spiro atoms. The number of sulfonamides is 1. The van der Waals surface area contributed by atoms with Gasteiger partial charge in [0, 0.05) is 28.9 Å². The molecule has 28 heavy (non-hydrogen) atoms. The van der Waals surface area contributed by atoms with E-state index in [1.807, 2.05) is 35.7 Å². The van der Waals surface area contributed by atoms with Crippen LogP contribution >= 0.6 is 11.3 Å². The van der Waals surface area contributed by atoms with Crippen molar-refractivity contribution in [3.8, 4) is 0 Å². The van der Waals surface area contributed by atoms with Crippen molar-refractivity contribution < 1.29 is 13.2 Å². The lowest BCUT2D eigenvalue weighted by Gasteiger charge is -2.15. The van der Waals surface area contributed by atoms with Crippen LogP contribution in [0.3, 0.4) is 0 Å². The van der Waals surface area contributed by atoms with E-state index in [0.717, 1.165) is 5.56 Å². The number of hydrogen-bond acceptors (Lipinski definition) is 5. The zero-order valence-corrected chi connectivity index (χ0v) is 16.5. The summed E-state index contributed by atoms with van der Waals surface area (Å²) in [6, 6.07) is 13.6. The first kappa shape index (κ1) is 18.5. The minimum absolute atomic E-state index is 0.107. The van der Waals surface area contributed by atoms with E-state index >= 15 is 0 Å². The summed E-state index contributed by atoms with van der Waals surface area (Å²) in [7, 11) is -3.76. The van der Waals surface area contributed by atoms with E-state index in [2.05, 4.69) is 15.0 Å². The van der Waals surface area contributed by atoms with Crippen LogP contribution in [0.2, 0.25) is 0 Å². The number of nitrogens with zero attached hydrogens (tertiary/aromatic N) is 1. The van der Waals surface area contributed by atoms with Gasteiger partial charge in [0.15, 0.2) is 0 Å². The van der Waals surface area contributed by atoms with Crippen molar-refractivity contribution in [2.45, 2.75) is 17.9 Å². The smallest absolute Gasteiger partial charge is 0.256 e. The topological polar surface area (TPSA) is 88.2 Å². The van der Waals surface area contributed by atoms with E-state index in [-0.39, 0.29) is 16.8 Å². The second-order valence-corrected chi connectivity index (χ2v) is 8.98. The Balaban J connectivity index is 1.67. The maximum Gasteiger partial charge on any atom is 0.256 e. The molecule has 0 aliphatic carbocycles. The van der Waals surface area contributed by atoms with Crippen LogP contribution in [0.15, 0.2) is 65.0 Å². The molecular weight excluding hydrogens is 394 g/mol. The SMILES string of the molecule is CC(NS(=O)(=O)c1ccc2c(c1)/C(=C\c1nccs1)C(=O)N2)c1ccccc1. The lowest BCUT2D eigenvalue weighted by molar-refractivity contribution is -0.110. The summed E-state index contributed by atoms with van der Waals surface area (Å²) in [5, 5.41) is 5.26. The van der Waals surface area contributed by atoms with Crippen molar-refractivity contribution in [1.29, 1.82) is 0 Å². The van der Waals surface area contributed by atoms with Gasteiger partial charge in [-0.3, -0.25) is 4.79 Å². The Labute approximate surface area is 167 Å². The van der Waals surface area contributed by atoms with Gasteiger partial charge in [0.25, 0.3) is 5.91 Å². The number of carbonyl (C=O) groups is 1. The Morgan fingerprint density at radius 2 is 1.96 bits per heavy atom. The molecule has 1 amide bonds. The number of carbonyl (C=O) groups excluding carboxylic acids is 1. The molecule has 1 aromatic heterocycles. The van der Waals surface area contributed by atoms with Crippen LogP contribution in [0.25, 0.3) is 11.6 Å². The van der Waals surface area contributed by atoms with Gasteiger partial charge in [0.2, 0.25) is 10.0 Å². The Hall–Kier alpha value is -2.81. The summed E-state index contributed by atoms with van der Waals surface area (Å²) in [6.07, 6.45) is 3.32. The number of anilines is 1. The second-order valence-electron chi connectivity index (χ2n) is 6.34. The van der Waals surface area contributed by atoms with Crippen LogP contribution in [0, 0.1) is 0 Å². The molecule has 0 saturated heterocycles. The third-order valence-corrected chi connectivity index (χ3v) is 6.70. The fraction of sp³-hybridized carbons (Fsp3) is 0.100. The van der Waals surface area contributed by atoms with Gasteiger partial charge in [-0.1, -0.05) is 30.3 Å². The number of benzene rings is 2. The number of aromatic nitrogens is 1. The molecule has 3 aromatic rings.